The van der Waals surface area contributed by atoms with Gasteiger partial charge in [-0.2, -0.15) is 0 Å². The fourth-order valence-corrected chi connectivity index (χ4v) is 4.78. The van der Waals surface area contributed by atoms with E-state index in [-0.39, 0.29) is 11.8 Å². The number of halogens is 1. The van der Waals surface area contributed by atoms with Gasteiger partial charge in [0, 0.05) is 34.3 Å². The average Bonchev–Trinajstić information content (AvgIpc) is 2.59. The molecular weight excluding hydrogens is 426 g/mol. The van der Waals surface area contributed by atoms with Crippen molar-refractivity contribution in [2.24, 2.45) is 0 Å². The van der Waals surface area contributed by atoms with Gasteiger partial charge in [0.2, 0.25) is 10.0 Å². The summed E-state index contributed by atoms with van der Waals surface area (Å²) in [6.45, 7) is 4.17. The summed E-state index contributed by atoms with van der Waals surface area (Å²) in [5.41, 5.74) is 3.60. The normalized spacial score (nSPS) is 11.9. The fourth-order valence-electron chi connectivity index (χ4n) is 2.94. The van der Waals surface area contributed by atoms with Crippen LogP contribution in [0.5, 0.6) is 0 Å². The van der Waals surface area contributed by atoms with Gasteiger partial charge in [-0.1, -0.05) is 40.2 Å². The van der Waals surface area contributed by atoms with Gasteiger partial charge in [-0.25, -0.2) is 13.1 Å². The smallest absolute Gasteiger partial charge is 0.216 e. The Morgan fingerprint density at radius 3 is 2.56 bits per heavy atom. The number of sulfonamides is 1. The lowest BCUT2D eigenvalue weighted by molar-refractivity contribution is 0.569. The molecule has 5 nitrogen and oxygen atoms in total. The molecule has 0 aliphatic heterocycles. The van der Waals surface area contributed by atoms with E-state index >= 15 is 0 Å². The van der Waals surface area contributed by atoms with Gasteiger partial charge in [-0.15, -0.1) is 0 Å². The van der Waals surface area contributed by atoms with Gasteiger partial charge in [-0.3, -0.25) is 4.98 Å². The summed E-state index contributed by atoms with van der Waals surface area (Å²) in [7, 11) is -3.37. The predicted octanol–water partition coefficient (Wildman–Crippen LogP) is 4.44. The molecule has 142 valence electrons. The number of rotatable bonds is 7. The molecule has 0 saturated carbocycles. The van der Waals surface area contributed by atoms with Crippen LogP contribution in [-0.4, -0.2) is 19.4 Å². The van der Waals surface area contributed by atoms with E-state index in [2.05, 4.69) is 31.0 Å². The van der Waals surface area contributed by atoms with Crippen LogP contribution in [0.15, 0.2) is 59.2 Å². The van der Waals surface area contributed by atoms with Crippen molar-refractivity contribution < 1.29 is 8.42 Å². The molecule has 0 unspecified atom stereocenters. The third kappa shape index (κ3) is 5.28. The lowest BCUT2D eigenvalue weighted by Crippen LogP contribution is -2.31. The quantitative estimate of drug-likeness (QED) is 0.561. The summed E-state index contributed by atoms with van der Waals surface area (Å²) < 4.78 is 28.2. The number of fused-ring (bicyclic) bond motifs is 1. The molecule has 3 rings (SSSR count). The molecular formula is C20H22BrN3O2S. The maximum Gasteiger partial charge on any atom is 0.216 e. The molecule has 0 radical (unpaired) electrons. The van der Waals surface area contributed by atoms with E-state index in [1.165, 1.54) is 0 Å². The predicted molar refractivity (Wildman–Crippen MR) is 114 cm³/mol. The third-order valence-corrected chi connectivity index (χ3v) is 6.07. The SMILES string of the molecule is CC(C)NS(=O)(=O)Cc1ccccc1CNc1ccnc2cc(Br)ccc12. The van der Waals surface area contributed by atoms with Crippen LogP contribution in [0, 0.1) is 0 Å². The number of anilines is 1. The van der Waals surface area contributed by atoms with Gasteiger partial charge in [0.25, 0.3) is 0 Å². The van der Waals surface area contributed by atoms with Gasteiger partial charge in [-0.05, 0) is 49.2 Å². The maximum absolute atomic E-state index is 12.3. The number of benzene rings is 2. The number of pyridine rings is 1. The number of nitrogens with zero attached hydrogens (tertiary/aromatic N) is 1. The zero-order valence-electron chi connectivity index (χ0n) is 15.2. The molecule has 0 saturated heterocycles. The van der Waals surface area contributed by atoms with E-state index in [9.17, 15) is 8.42 Å². The van der Waals surface area contributed by atoms with Crippen molar-refractivity contribution in [2.45, 2.75) is 32.2 Å². The second-order valence-corrected chi connectivity index (χ2v) is 9.34. The van der Waals surface area contributed by atoms with Crippen molar-refractivity contribution in [1.82, 2.24) is 9.71 Å². The Labute approximate surface area is 168 Å². The molecule has 0 bridgehead atoms. The first-order valence-electron chi connectivity index (χ1n) is 8.69. The second-order valence-electron chi connectivity index (χ2n) is 6.67. The molecule has 1 aromatic heterocycles. The van der Waals surface area contributed by atoms with Crippen molar-refractivity contribution in [3.63, 3.8) is 0 Å². The Hall–Kier alpha value is -1.96. The van der Waals surface area contributed by atoms with Crippen molar-refractivity contribution in [1.29, 1.82) is 0 Å². The second kappa shape index (κ2) is 8.37. The molecule has 0 atom stereocenters. The summed E-state index contributed by atoms with van der Waals surface area (Å²) in [6, 6.07) is 15.4. The Balaban J connectivity index is 1.82. The molecule has 0 fully saturated rings. The zero-order valence-corrected chi connectivity index (χ0v) is 17.6. The molecule has 1 heterocycles. The third-order valence-electron chi connectivity index (χ3n) is 4.05. The Morgan fingerprint density at radius 1 is 1.07 bits per heavy atom. The maximum atomic E-state index is 12.3. The molecule has 2 aromatic carbocycles. The van der Waals surface area contributed by atoms with Crippen LogP contribution in [0.2, 0.25) is 0 Å². The highest BCUT2D eigenvalue weighted by atomic mass is 79.9. The van der Waals surface area contributed by atoms with Gasteiger partial charge in [0.15, 0.2) is 0 Å². The van der Waals surface area contributed by atoms with Gasteiger partial charge in [0.1, 0.15) is 0 Å². The molecule has 0 aliphatic carbocycles. The number of aromatic nitrogens is 1. The molecule has 0 aliphatic rings. The molecule has 3 aromatic rings. The van der Waals surface area contributed by atoms with E-state index in [0.717, 1.165) is 32.2 Å². The minimum Gasteiger partial charge on any atom is -0.380 e. The van der Waals surface area contributed by atoms with Gasteiger partial charge < -0.3 is 5.32 Å². The van der Waals surface area contributed by atoms with Crippen molar-refractivity contribution in [3.05, 3.63) is 70.3 Å². The number of nitrogens with one attached hydrogen (secondary N) is 2. The van der Waals surface area contributed by atoms with Crippen molar-refractivity contribution >= 4 is 42.5 Å². The van der Waals surface area contributed by atoms with Crippen LogP contribution in [0.3, 0.4) is 0 Å². The van der Waals surface area contributed by atoms with E-state index in [4.69, 9.17) is 0 Å². The summed E-state index contributed by atoms with van der Waals surface area (Å²) >= 11 is 3.46. The molecule has 27 heavy (non-hydrogen) atoms. The number of hydrogen-bond donors (Lipinski definition) is 2. The molecule has 2 N–H and O–H groups in total. The van der Waals surface area contributed by atoms with E-state index in [1.54, 1.807) is 6.20 Å². The molecule has 0 spiro atoms. The first-order chi connectivity index (χ1) is 12.8. The van der Waals surface area contributed by atoms with E-state index in [1.807, 2.05) is 62.4 Å². The minimum atomic E-state index is -3.37. The van der Waals surface area contributed by atoms with Gasteiger partial charge >= 0.3 is 0 Å². The highest BCUT2D eigenvalue weighted by molar-refractivity contribution is 9.10. The monoisotopic (exact) mass is 447 g/mol. The fraction of sp³-hybridized carbons (Fsp3) is 0.250. The van der Waals surface area contributed by atoms with Crippen LogP contribution in [0.4, 0.5) is 5.69 Å². The molecule has 7 heteroatoms. The molecule has 0 amide bonds. The average molecular weight is 448 g/mol. The van der Waals surface area contributed by atoms with Crippen LogP contribution in [0.1, 0.15) is 25.0 Å². The lowest BCUT2D eigenvalue weighted by Gasteiger charge is -2.14. The summed E-state index contributed by atoms with van der Waals surface area (Å²) in [5, 5.41) is 4.44. The van der Waals surface area contributed by atoms with Crippen LogP contribution in [-0.2, 0) is 22.3 Å². The Kier molecular flexibility index (Phi) is 6.14. The van der Waals surface area contributed by atoms with Crippen molar-refractivity contribution in [2.75, 3.05) is 5.32 Å². The highest BCUT2D eigenvalue weighted by Crippen LogP contribution is 2.25. The largest absolute Gasteiger partial charge is 0.380 e. The van der Waals surface area contributed by atoms with Crippen LogP contribution in [0.25, 0.3) is 10.9 Å². The van der Waals surface area contributed by atoms with Crippen molar-refractivity contribution in [3.8, 4) is 0 Å². The summed E-state index contributed by atoms with van der Waals surface area (Å²) in [4.78, 5) is 4.39. The topological polar surface area (TPSA) is 71.1 Å². The van der Waals surface area contributed by atoms with Crippen LogP contribution >= 0.6 is 15.9 Å². The lowest BCUT2D eigenvalue weighted by atomic mass is 10.1. The first-order valence-corrected chi connectivity index (χ1v) is 11.1. The minimum absolute atomic E-state index is 0.0346. The van der Waals surface area contributed by atoms with E-state index in [0.29, 0.717) is 6.54 Å². The first kappa shape index (κ1) is 19.8. The number of hydrogen-bond acceptors (Lipinski definition) is 4. The highest BCUT2D eigenvalue weighted by Gasteiger charge is 2.15. The Bertz CT molecular complexity index is 1050. The standard InChI is InChI=1S/C20H22BrN3O2S/c1-14(2)24-27(25,26)13-16-6-4-3-5-15(16)12-23-19-9-10-22-20-11-17(21)7-8-18(19)20/h3-11,14,24H,12-13H2,1-2H3,(H,22,23). The van der Waals surface area contributed by atoms with Gasteiger partial charge in [0.05, 0.1) is 11.3 Å². The van der Waals surface area contributed by atoms with E-state index < -0.39 is 10.0 Å². The Morgan fingerprint density at radius 2 is 1.81 bits per heavy atom. The van der Waals surface area contributed by atoms with Crippen LogP contribution < -0.4 is 10.0 Å². The summed E-state index contributed by atoms with van der Waals surface area (Å²) in [6.07, 6.45) is 1.76. The zero-order chi connectivity index (χ0) is 19.4. The summed E-state index contributed by atoms with van der Waals surface area (Å²) in [5.74, 6) is -0.0346.